The van der Waals surface area contributed by atoms with E-state index < -0.39 is 9.84 Å². The first-order chi connectivity index (χ1) is 11.8. The molecule has 0 unspecified atom stereocenters. The van der Waals surface area contributed by atoms with E-state index in [1.807, 2.05) is 6.92 Å². The molecule has 132 valence electrons. The van der Waals surface area contributed by atoms with Crippen molar-refractivity contribution in [2.24, 2.45) is 0 Å². The summed E-state index contributed by atoms with van der Waals surface area (Å²) in [6.45, 7) is 1.93. The minimum Gasteiger partial charge on any atom is -0.346 e. The highest BCUT2D eigenvalue weighted by molar-refractivity contribution is 7.90. The molecule has 0 saturated carbocycles. The SMILES string of the molecule is CC[C@H](NC(=O)/C=C/c1ccc(F)cc1)c1ccc(S(C)(=O)=O)cc1. The summed E-state index contributed by atoms with van der Waals surface area (Å²) < 4.78 is 35.9. The summed E-state index contributed by atoms with van der Waals surface area (Å²) in [7, 11) is -3.24. The standard InChI is InChI=1S/C19H20FNO3S/c1-3-18(15-7-11-17(12-8-15)25(2,23)24)21-19(22)13-6-14-4-9-16(20)10-5-14/h4-13,18H,3H2,1-2H3,(H,21,22)/b13-6+/t18-/m0/s1. The van der Waals surface area contributed by atoms with Gasteiger partial charge in [-0.15, -0.1) is 0 Å². The summed E-state index contributed by atoms with van der Waals surface area (Å²) in [5.41, 5.74) is 1.56. The number of benzene rings is 2. The van der Waals surface area contributed by atoms with Crippen molar-refractivity contribution in [3.8, 4) is 0 Å². The molecular formula is C19H20FNO3S. The van der Waals surface area contributed by atoms with Crippen molar-refractivity contribution in [2.45, 2.75) is 24.3 Å². The van der Waals surface area contributed by atoms with Gasteiger partial charge in [-0.05, 0) is 47.9 Å². The zero-order chi connectivity index (χ0) is 18.4. The highest BCUT2D eigenvalue weighted by atomic mass is 32.2. The molecule has 0 aromatic heterocycles. The smallest absolute Gasteiger partial charge is 0.244 e. The number of hydrogen-bond acceptors (Lipinski definition) is 3. The van der Waals surface area contributed by atoms with Crippen LogP contribution in [0.1, 0.15) is 30.5 Å². The van der Waals surface area contributed by atoms with E-state index in [0.717, 1.165) is 17.4 Å². The zero-order valence-electron chi connectivity index (χ0n) is 14.1. The second-order valence-corrected chi connectivity index (χ2v) is 7.71. The third kappa shape index (κ3) is 5.53. The molecular weight excluding hydrogens is 341 g/mol. The number of hydrogen-bond donors (Lipinski definition) is 1. The van der Waals surface area contributed by atoms with Crippen LogP contribution in [-0.4, -0.2) is 20.6 Å². The molecule has 2 aromatic carbocycles. The largest absolute Gasteiger partial charge is 0.346 e. The molecule has 0 spiro atoms. The molecule has 4 nitrogen and oxygen atoms in total. The van der Waals surface area contributed by atoms with Crippen molar-refractivity contribution in [2.75, 3.05) is 6.26 Å². The number of carbonyl (C=O) groups is 1. The van der Waals surface area contributed by atoms with Crippen LogP contribution >= 0.6 is 0 Å². The van der Waals surface area contributed by atoms with E-state index in [1.54, 1.807) is 30.3 Å². The average Bonchev–Trinajstić information content (AvgIpc) is 2.58. The highest BCUT2D eigenvalue weighted by Gasteiger charge is 2.13. The van der Waals surface area contributed by atoms with E-state index in [1.165, 1.54) is 30.3 Å². The van der Waals surface area contributed by atoms with Crippen LogP contribution < -0.4 is 5.32 Å². The normalized spacial score (nSPS) is 12.9. The Bertz CT molecular complexity index is 857. The Balaban J connectivity index is 2.05. The van der Waals surface area contributed by atoms with Gasteiger partial charge in [0.05, 0.1) is 10.9 Å². The van der Waals surface area contributed by atoms with Gasteiger partial charge in [-0.1, -0.05) is 31.2 Å². The minimum atomic E-state index is -3.24. The maximum absolute atomic E-state index is 12.9. The van der Waals surface area contributed by atoms with E-state index in [9.17, 15) is 17.6 Å². The van der Waals surface area contributed by atoms with Crippen LogP contribution in [0.3, 0.4) is 0 Å². The summed E-state index contributed by atoms with van der Waals surface area (Å²) >= 11 is 0. The lowest BCUT2D eigenvalue weighted by Crippen LogP contribution is -2.26. The van der Waals surface area contributed by atoms with E-state index >= 15 is 0 Å². The van der Waals surface area contributed by atoms with E-state index in [0.29, 0.717) is 6.42 Å². The summed E-state index contributed by atoms with van der Waals surface area (Å²) in [5.74, 6) is -0.603. The Hall–Kier alpha value is -2.47. The second-order valence-electron chi connectivity index (χ2n) is 5.70. The van der Waals surface area contributed by atoms with Gasteiger partial charge in [0.1, 0.15) is 5.82 Å². The van der Waals surface area contributed by atoms with Crippen molar-refractivity contribution < 1.29 is 17.6 Å². The molecule has 0 radical (unpaired) electrons. The number of rotatable bonds is 6. The summed E-state index contributed by atoms with van der Waals surface area (Å²) in [4.78, 5) is 12.3. The fourth-order valence-corrected chi connectivity index (χ4v) is 2.96. The van der Waals surface area contributed by atoms with Crippen LogP contribution in [0.15, 0.2) is 59.5 Å². The van der Waals surface area contributed by atoms with Crippen LogP contribution in [0.2, 0.25) is 0 Å². The molecule has 0 aliphatic rings. The molecule has 1 N–H and O–H groups in total. The van der Waals surface area contributed by atoms with Gasteiger partial charge in [-0.25, -0.2) is 12.8 Å². The van der Waals surface area contributed by atoms with E-state index in [-0.39, 0.29) is 22.7 Å². The fraction of sp³-hybridized carbons (Fsp3) is 0.211. The van der Waals surface area contributed by atoms with Crippen molar-refractivity contribution in [3.63, 3.8) is 0 Å². The third-order valence-electron chi connectivity index (χ3n) is 3.73. The van der Waals surface area contributed by atoms with Gasteiger partial charge in [-0.3, -0.25) is 4.79 Å². The van der Waals surface area contributed by atoms with Crippen LogP contribution in [-0.2, 0) is 14.6 Å². The summed E-state index contributed by atoms with van der Waals surface area (Å²) in [6, 6.07) is 12.1. The molecule has 25 heavy (non-hydrogen) atoms. The Morgan fingerprint density at radius 1 is 1.12 bits per heavy atom. The second kappa shape index (κ2) is 8.07. The van der Waals surface area contributed by atoms with Gasteiger partial charge in [0.15, 0.2) is 9.84 Å². The Kier molecular flexibility index (Phi) is 6.09. The minimum absolute atomic E-state index is 0.223. The van der Waals surface area contributed by atoms with Gasteiger partial charge in [0.2, 0.25) is 5.91 Å². The predicted octanol–water partition coefficient (Wildman–Crippen LogP) is 3.51. The van der Waals surface area contributed by atoms with Gasteiger partial charge in [0.25, 0.3) is 0 Å². The van der Waals surface area contributed by atoms with Crippen LogP contribution in [0, 0.1) is 5.82 Å². The van der Waals surface area contributed by atoms with Crippen LogP contribution in [0.25, 0.3) is 6.08 Å². The molecule has 2 aromatic rings. The lowest BCUT2D eigenvalue weighted by molar-refractivity contribution is -0.117. The molecule has 0 heterocycles. The lowest BCUT2D eigenvalue weighted by Gasteiger charge is -2.16. The number of halogens is 1. The predicted molar refractivity (Wildman–Crippen MR) is 96.2 cm³/mol. The fourth-order valence-electron chi connectivity index (χ4n) is 2.33. The third-order valence-corrected chi connectivity index (χ3v) is 4.86. The molecule has 0 fully saturated rings. The monoisotopic (exact) mass is 361 g/mol. The average molecular weight is 361 g/mol. The van der Waals surface area contributed by atoms with Gasteiger partial charge < -0.3 is 5.32 Å². The van der Waals surface area contributed by atoms with E-state index in [4.69, 9.17) is 0 Å². The molecule has 2 rings (SSSR count). The van der Waals surface area contributed by atoms with E-state index in [2.05, 4.69) is 5.32 Å². The molecule has 0 bridgehead atoms. The Morgan fingerprint density at radius 2 is 1.72 bits per heavy atom. The van der Waals surface area contributed by atoms with Crippen molar-refractivity contribution >= 4 is 21.8 Å². The number of carbonyl (C=O) groups excluding carboxylic acids is 1. The molecule has 1 atom stereocenters. The maximum atomic E-state index is 12.9. The number of amides is 1. The van der Waals surface area contributed by atoms with Gasteiger partial charge >= 0.3 is 0 Å². The maximum Gasteiger partial charge on any atom is 0.244 e. The Morgan fingerprint density at radius 3 is 2.24 bits per heavy atom. The van der Waals surface area contributed by atoms with Crippen molar-refractivity contribution in [1.82, 2.24) is 5.32 Å². The lowest BCUT2D eigenvalue weighted by atomic mass is 10.0. The number of sulfone groups is 1. The van der Waals surface area contributed by atoms with Crippen molar-refractivity contribution in [1.29, 1.82) is 0 Å². The molecule has 1 amide bonds. The summed E-state index contributed by atoms with van der Waals surface area (Å²) in [6.07, 6.45) is 4.81. The quantitative estimate of drug-likeness (QED) is 0.801. The number of nitrogens with one attached hydrogen (secondary N) is 1. The van der Waals surface area contributed by atoms with Crippen molar-refractivity contribution in [3.05, 3.63) is 71.6 Å². The van der Waals surface area contributed by atoms with Gasteiger partial charge in [-0.2, -0.15) is 0 Å². The first-order valence-electron chi connectivity index (χ1n) is 7.83. The zero-order valence-corrected chi connectivity index (χ0v) is 14.9. The topological polar surface area (TPSA) is 63.2 Å². The van der Waals surface area contributed by atoms with Gasteiger partial charge in [0, 0.05) is 12.3 Å². The highest BCUT2D eigenvalue weighted by Crippen LogP contribution is 2.19. The molecule has 6 heteroatoms. The first-order valence-corrected chi connectivity index (χ1v) is 9.73. The Labute approximate surface area is 147 Å². The molecule has 0 aliphatic heterocycles. The molecule has 0 aliphatic carbocycles. The molecule has 0 saturated heterocycles. The van der Waals surface area contributed by atoms with Crippen LogP contribution in [0.5, 0.6) is 0 Å². The summed E-state index contributed by atoms with van der Waals surface area (Å²) in [5, 5.41) is 2.87. The van der Waals surface area contributed by atoms with Crippen LogP contribution in [0.4, 0.5) is 4.39 Å². The first kappa shape index (κ1) is 18.9.